The monoisotopic (exact) mass is 244 g/mol. The van der Waals surface area contributed by atoms with E-state index in [1.54, 1.807) is 0 Å². The average molecular weight is 244 g/mol. The topological polar surface area (TPSA) is 24.5 Å². The molecule has 104 valence electrons. The van der Waals surface area contributed by atoms with Gasteiger partial charge in [0.2, 0.25) is 0 Å². The van der Waals surface area contributed by atoms with E-state index in [9.17, 15) is 0 Å². The predicted octanol–water partition coefficient (Wildman–Crippen LogP) is 2.51. The molecule has 0 fully saturated rings. The number of nitrogens with one attached hydrogen (secondary N) is 1. The fourth-order valence-corrected chi connectivity index (χ4v) is 2.12. The molecule has 0 bridgehead atoms. The van der Waals surface area contributed by atoms with Gasteiger partial charge in [-0.2, -0.15) is 0 Å². The van der Waals surface area contributed by atoms with Crippen molar-refractivity contribution in [3.05, 3.63) is 0 Å². The number of rotatable bonds is 10. The maximum Gasteiger partial charge on any atom is 0.0597 e. The first-order chi connectivity index (χ1) is 7.99. The highest BCUT2D eigenvalue weighted by Gasteiger charge is 2.13. The maximum atomic E-state index is 5.85. The van der Waals surface area contributed by atoms with Gasteiger partial charge in [-0.15, -0.1) is 0 Å². The Morgan fingerprint density at radius 3 is 2.12 bits per heavy atom. The van der Waals surface area contributed by atoms with Crippen LogP contribution in [-0.4, -0.2) is 49.8 Å². The van der Waals surface area contributed by atoms with Crippen molar-refractivity contribution >= 4 is 0 Å². The first-order valence-electron chi connectivity index (χ1n) is 7.01. The SMILES string of the molecule is CNCCCC(C)OCCN(C(C)C)C(C)C. The summed E-state index contributed by atoms with van der Waals surface area (Å²) in [6.45, 7) is 14.1. The molecule has 3 heteroatoms. The summed E-state index contributed by atoms with van der Waals surface area (Å²) in [5.41, 5.74) is 0. The van der Waals surface area contributed by atoms with Crippen LogP contribution in [0.5, 0.6) is 0 Å². The molecule has 0 aromatic heterocycles. The fraction of sp³-hybridized carbons (Fsp3) is 1.00. The van der Waals surface area contributed by atoms with Gasteiger partial charge < -0.3 is 10.1 Å². The quantitative estimate of drug-likeness (QED) is 0.598. The average Bonchev–Trinajstić information content (AvgIpc) is 2.23. The van der Waals surface area contributed by atoms with E-state index in [0.717, 1.165) is 26.1 Å². The van der Waals surface area contributed by atoms with E-state index in [-0.39, 0.29) is 0 Å². The minimum atomic E-state index is 0.379. The van der Waals surface area contributed by atoms with E-state index >= 15 is 0 Å². The van der Waals surface area contributed by atoms with Crippen LogP contribution >= 0.6 is 0 Å². The summed E-state index contributed by atoms with van der Waals surface area (Å²) in [5, 5.41) is 3.16. The normalized spacial score (nSPS) is 13.9. The van der Waals surface area contributed by atoms with Crippen molar-refractivity contribution in [1.82, 2.24) is 10.2 Å². The van der Waals surface area contributed by atoms with Crippen molar-refractivity contribution < 1.29 is 4.74 Å². The Bertz CT molecular complexity index is 164. The van der Waals surface area contributed by atoms with Crippen LogP contribution in [0.3, 0.4) is 0 Å². The molecular weight excluding hydrogens is 212 g/mol. The minimum Gasteiger partial charge on any atom is -0.377 e. The van der Waals surface area contributed by atoms with Gasteiger partial charge >= 0.3 is 0 Å². The Kier molecular flexibility index (Phi) is 9.79. The maximum absolute atomic E-state index is 5.85. The molecule has 1 unspecified atom stereocenters. The Labute approximate surface area is 108 Å². The van der Waals surface area contributed by atoms with Crippen LogP contribution in [0, 0.1) is 0 Å². The molecule has 0 spiro atoms. The third kappa shape index (κ3) is 8.58. The smallest absolute Gasteiger partial charge is 0.0597 e. The van der Waals surface area contributed by atoms with Gasteiger partial charge in [0.1, 0.15) is 0 Å². The van der Waals surface area contributed by atoms with Crippen molar-refractivity contribution in [2.45, 2.75) is 65.6 Å². The van der Waals surface area contributed by atoms with Crippen LogP contribution in [0.1, 0.15) is 47.5 Å². The Balaban J connectivity index is 3.66. The minimum absolute atomic E-state index is 0.379. The van der Waals surface area contributed by atoms with E-state index in [2.05, 4.69) is 44.8 Å². The highest BCUT2D eigenvalue weighted by molar-refractivity contribution is 4.67. The van der Waals surface area contributed by atoms with Crippen molar-refractivity contribution in [1.29, 1.82) is 0 Å². The molecule has 0 amide bonds. The van der Waals surface area contributed by atoms with E-state index in [1.165, 1.54) is 6.42 Å². The molecule has 0 aliphatic carbocycles. The van der Waals surface area contributed by atoms with Gasteiger partial charge in [0.15, 0.2) is 0 Å². The molecule has 0 aliphatic rings. The summed E-state index contributed by atoms with van der Waals surface area (Å²) in [6, 6.07) is 1.19. The zero-order chi connectivity index (χ0) is 13.3. The third-order valence-corrected chi connectivity index (χ3v) is 3.12. The molecule has 0 saturated carbocycles. The van der Waals surface area contributed by atoms with E-state index in [0.29, 0.717) is 18.2 Å². The molecule has 0 aromatic carbocycles. The van der Waals surface area contributed by atoms with Crippen molar-refractivity contribution in [3.63, 3.8) is 0 Å². The number of hydrogen-bond donors (Lipinski definition) is 1. The lowest BCUT2D eigenvalue weighted by atomic mass is 10.2. The van der Waals surface area contributed by atoms with E-state index in [1.807, 2.05) is 7.05 Å². The lowest BCUT2D eigenvalue weighted by Gasteiger charge is -2.30. The Morgan fingerprint density at radius 2 is 1.65 bits per heavy atom. The molecule has 0 aromatic rings. The van der Waals surface area contributed by atoms with Crippen molar-refractivity contribution in [2.75, 3.05) is 26.7 Å². The molecule has 1 N–H and O–H groups in total. The summed E-state index contributed by atoms with van der Waals surface area (Å²) in [7, 11) is 1.99. The highest BCUT2D eigenvalue weighted by Crippen LogP contribution is 2.06. The van der Waals surface area contributed by atoms with Crippen LogP contribution in [0.4, 0.5) is 0 Å². The van der Waals surface area contributed by atoms with E-state index in [4.69, 9.17) is 4.74 Å². The molecule has 0 aliphatic heterocycles. The van der Waals surface area contributed by atoms with Gasteiger partial charge in [0, 0.05) is 18.6 Å². The zero-order valence-corrected chi connectivity index (χ0v) is 12.6. The van der Waals surface area contributed by atoms with Crippen LogP contribution in [0.15, 0.2) is 0 Å². The molecule has 0 heterocycles. The second-order valence-corrected chi connectivity index (χ2v) is 5.35. The van der Waals surface area contributed by atoms with Crippen molar-refractivity contribution in [3.8, 4) is 0 Å². The molecule has 1 atom stereocenters. The molecule has 0 saturated heterocycles. The van der Waals surface area contributed by atoms with Crippen LogP contribution < -0.4 is 5.32 Å². The Hall–Kier alpha value is -0.120. The molecule has 17 heavy (non-hydrogen) atoms. The summed E-state index contributed by atoms with van der Waals surface area (Å²) in [5.74, 6) is 0. The van der Waals surface area contributed by atoms with Crippen LogP contribution in [0.2, 0.25) is 0 Å². The molecule has 0 rings (SSSR count). The first-order valence-corrected chi connectivity index (χ1v) is 7.01. The lowest BCUT2D eigenvalue weighted by Crippen LogP contribution is -2.39. The van der Waals surface area contributed by atoms with Gasteiger partial charge in [0.25, 0.3) is 0 Å². The number of nitrogens with zero attached hydrogens (tertiary/aromatic N) is 1. The van der Waals surface area contributed by atoms with Gasteiger partial charge in [-0.3, -0.25) is 4.90 Å². The number of hydrogen-bond acceptors (Lipinski definition) is 3. The Morgan fingerprint density at radius 1 is 1.06 bits per heavy atom. The van der Waals surface area contributed by atoms with Gasteiger partial charge in [-0.1, -0.05) is 0 Å². The fourth-order valence-electron chi connectivity index (χ4n) is 2.12. The highest BCUT2D eigenvalue weighted by atomic mass is 16.5. The summed E-state index contributed by atoms with van der Waals surface area (Å²) in [4.78, 5) is 2.47. The second kappa shape index (κ2) is 9.86. The standard InChI is InChI=1S/C14H32N2O/c1-12(2)16(13(3)4)10-11-17-14(5)8-7-9-15-6/h12-15H,7-11H2,1-6H3. The number of ether oxygens (including phenoxy) is 1. The zero-order valence-electron chi connectivity index (χ0n) is 12.6. The van der Waals surface area contributed by atoms with Gasteiger partial charge in [-0.05, 0) is 61.1 Å². The molecule has 3 nitrogen and oxygen atoms in total. The predicted molar refractivity (Wildman–Crippen MR) is 75.6 cm³/mol. The largest absolute Gasteiger partial charge is 0.377 e. The van der Waals surface area contributed by atoms with Gasteiger partial charge in [0.05, 0.1) is 12.7 Å². The second-order valence-electron chi connectivity index (χ2n) is 5.35. The molecular formula is C14H32N2O. The summed E-state index contributed by atoms with van der Waals surface area (Å²) >= 11 is 0. The third-order valence-electron chi connectivity index (χ3n) is 3.12. The van der Waals surface area contributed by atoms with Crippen molar-refractivity contribution in [2.24, 2.45) is 0 Å². The molecule has 0 radical (unpaired) electrons. The van der Waals surface area contributed by atoms with Gasteiger partial charge in [-0.25, -0.2) is 0 Å². The van der Waals surface area contributed by atoms with E-state index < -0.39 is 0 Å². The van der Waals surface area contributed by atoms with Crippen LogP contribution in [-0.2, 0) is 4.74 Å². The summed E-state index contributed by atoms with van der Waals surface area (Å²) in [6.07, 6.45) is 2.71. The lowest BCUT2D eigenvalue weighted by molar-refractivity contribution is 0.0299. The summed E-state index contributed by atoms with van der Waals surface area (Å²) < 4.78 is 5.85. The first kappa shape index (κ1) is 16.9. The van der Waals surface area contributed by atoms with Crippen LogP contribution in [0.25, 0.3) is 0 Å².